The summed E-state index contributed by atoms with van der Waals surface area (Å²) in [6.07, 6.45) is 1.57. The zero-order valence-corrected chi connectivity index (χ0v) is 17.5. The van der Waals surface area contributed by atoms with Gasteiger partial charge in [-0.1, -0.05) is 23.2 Å². The van der Waals surface area contributed by atoms with Gasteiger partial charge < -0.3 is 15.2 Å². The molecule has 1 aromatic carbocycles. The molecule has 1 saturated carbocycles. The number of methoxy groups -OCH3 is 1. The highest BCUT2D eigenvalue weighted by Gasteiger charge is 2.32. The highest BCUT2D eigenvalue weighted by molar-refractivity contribution is 6.37. The summed E-state index contributed by atoms with van der Waals surface area (Å²) in [4.78, 5) is 37.6. The van der Waals surface area contributed by atoms with Crippen LogP contribution in [0.4, 0.5) is 5.82 Å². The van der Waals surface area contributed by atoms with Gasteiger partial charge >= 0.3 is 5.69 Å². The minimum absolute atomic E-state index is 0.0380. The number of benzene rings is 1. The SMILES string of the molecule is CO[C@H]1C[C@@H](c2cc(Oc3c(Cl)cc(-n4nc(N)c(=O)[nH]c4=O)cc3Cl)n[nH]c2=O)C1. The second kappa shape index (κ2) is 8.17. The van der Waals surface area contributed by atoms with Gasteiger partial charge in [-0.3, -0.25) is 14.6 Å². The van der Waals surface area contributed by atoms with Crippen molar-refractivity contribution in [1.29, 1.82) is 0 Å². The van der Waals surface area contributed by atoms with Crippen LogP contribution in [0.15, 0.2) is 32.6 Å². The minimum atomic E-state index is -0.818. The molecular weight excluding hydrogens is 451 g/mol. The maximum Gasteiger partial charge on any atom is 0.349 e. The first-order valence-corrected chi connectivity index (χ1v) is 9.81. The molecule has 0 spiro atoms. The van der Waals surface area contributed by atoms with Gasteiger partial charge in [0, 0.05) is 18.7 Å². The third kappa shape index (κ3) is 4.07. The molecule has 0 amide bonds. The molecule has 1 aliphatic rings. The number of nitrogen functional groups attached to an aromatic ring is 1. The second-order valence-electron chi connectivity index (χ2n) is 6.91. The van der Waals surface area contributed by atoms with Crippen molar-refractivity contribution in [3.8, 4) is 17.3 Å². The zero-order valence-electron chi connectivity index (χ0n) is 16.0. The molecule has 31 heavy (non-hydrogen) atoms. The molecule has 0 bridgehead atoms. The average Bonchev–Trinajstić information content (AvgIpc) is 2.68. The van der Waals surface area contributed by atoms with Crippen molar-refractivity contribution in [2.45, 2.75) is 24.9 Å². The number of anilines is 1. The number of nitrogens with two attached hydrogens (primary N) is 1. The molecule has 0 aliphatic heterocycles. The van der Waals surface area contributed by atoms with Crippen molar-refractivity contribution < 1.29 is 9.47 Å². The molecule has 0 saturated heterocycles. The van der Waals surface area contributed by atoms with Crippen molar-refractivity contribution in [3.63, 3.8) is 0 Å². The van der Waals surface area contributed by atoms with E-state index in [0.29, 0.717) is 5.56 Å². The first-order chi connectivity index (χ1) is 14.8. The summed E-state index contributed by atoms with van der Waals surface area (Å²) in [6.45, 7) is 0. The van der Waals surface area contributed by atoms with E-state index in [-0.39, 0.29) is 44.9 Å². The number of halogens is 2. The Morgan fingerprint density at radius 2 is 1.81 bits per heavy atom. The van der Waals surface area contributed by atoms with E-state index in [1.165, 1.54) is 18.2 Å². The largest absolute Gasteiger partial charge is 0.434 e. The van der Waals surface area contributed by atoms with Crippen molar-refractivity contribution in [1.82, 2.24) is 25.0 Å². The normalized spacial score (nSPS) is 17.9. The second-order valence-corrected chi connectivity index (χ2v) is 7.73. The van der Waals surface area contributed by atoms with Gasteiger partial charge in [-0.2, -0.15) is 4.68 Å². The van der Waals surface area contributed by atoms with E-state index in [1.807, 2.05) is 4.98 Å². The Kier molecular flexibility index (Phi) is 5.56. The van der Waals surface area contributed by atoms with Gasteiger partial charge in [0.15, 0.2) is 5.75 Å². The summed E-state index contributed by atoms with van der Waals surface area (Å²) in [6, 6.07) is 4.25. The van der Waals surface area contributed by atoms with Crippen molar-refractivity contribution in [3.05, 3.63) is 65.0 Å². The fraction of sp³-hybridized carbons (Fsp3) is 0.278. The number of H-pyrrole nitrogens is 2. The Labute approximate surface area is 183 Å². The summed E-state index contributed by atoms with van der Waals surface area (Å²) in [5.41, 5.74) is 4.23. The van der Waals surface area contributed by atoms with Gasteiger partial charge in [0.2, 0.25) is 11.7 Å². The molecule has 3 aromatic rings. The molecule has 0 atom stereocenters. The summed E-state index contributed by atoms with van der Waals surface area (Å²) in [5.74, 6) is -0.207. The van der Waals surface area contributed by atoms with Crippen LogP contribution < -0.4 is 27.3 Å². The van der Waals surface area contributed by atoms with Crippen LogP contribution in [-0.2, 0) is 4.74 Å². The van der Waals surface area contributed by atoms with E-state index in [9.17, 15) is 14.4 Å². The van der Waals surface area contributed by atoms with E-state index in [0.717, 1.165) is 17.5 Å². The van der Waals surface area contributed by atoms with Gasteiger partial charge in [0.05, 0.1) is 21.8 Å². The number of hydrogen-bond acceptors (Lipinski definition) is 8. The van der Waals surface area contributed by atoms with Gasteiger partial charge in [-0.25, -0.2) is 9.89 Å². The van der Waals surface area contributed by atoms with E-state index < -0.39 is 17.1 Å². The van der Waals surface area contributed by atoms with Gasteiger partial charge in [0.25, 0.3) is 11.1 Å². The van der Waals surface area contributed by atoms with E-state index in [2.05, 4.69) is 15.3 Å². The Balaban J connectivity index is 1.65. The lowest BCUT2D eigenvalue weighted by molar-refractivity contribution is 0.0253. The standard InChI is InChI=1S/C18H16Cl2N6O5/c1-30-9-2-7(3-9)10-6-13(23-24-16(10)27)31-14-11(19)4-8(5-12(14)20)26-18(29)22-17(28)15(21)25-26/h4-7,9H,2-3H2,1H3,(H2,21,25)(H,24,27)(H,22,28,29)/t7-,9+. The van der Waals surface area contributed by atoms with Crippen LogP contribution in [0.5, 0.6) is 11.6 Å². The predicted octanol–water partition coefficient (Wildman–Crippen LogP) is 1.58. The number of hydrogen-bond donors (Lipinski definition) is 3. The Bertz CT molecular complexity index is 1300. The quantitative estimate of drug-likeness (QED) is 0.510. The van der Waals surface area contributed by atoms with E-state index in [4.69, 9.17) is 38.4 Å². The molecule has 162 valence electrons. The smallest absolute Gasteiger partial charge is 0.349 e. The lowest BCUT2D eigenvalue weighted by Crippen LogP contribution is -2.33. The third-order valence-corrected chi connectivity index (χ3v) is 5.53. The first-order valence-electron chi connectivity index (χ1n) is 9.05. The lowest BCUT2D eigenvalue weighted by atomic mass is 9.78. The maximum absolute atomic E-state index is 12.1. The molecule has 1 fully saturated rings. The maximum atomic E-state index is 12.1. The summed E-state index contributed by atoms with van der Waals surface area (Å²) >= 11 is 12.6. The topological polar surface area (TPSA) is 158 Å². The van der Waals surface area contributed by atoms with Crippen LogP contribution in [0, 0.1) is 0 Å². The van der Waals surface area contributed by atoms with Crippen LogP contribution in [-0.4, -0.2) is 38.2 Å². The van der Waals surface area contributed by atoms with E-state index in [1.54, 1.807) is 7.11 Å². The van der Waals surface area contributed by atoms with Crippen LogP contribution >= 0.6 is 23.2 Å². The van der Waals surface area contributed by atoms with Crippen LogP contribution in [0.25, 0.3) is 5.69 Å². The number of ether oxygens (including phenoxy) is 2. The average molecular weight is 467 g/mol. The lowest BCUT2D eigenvalue weighted by Gasteiger charge is -2.33. The molecule has 0 radical (unpaired) electrons. The molecule has 13 heteroatoms. The summed E-state index contributed by atoms with van der Waals surface area (Å²) < 4.78 is 11.8. The number of aromatic nitrogens is 5. The Morgan fingerprint density at radius 3 is 2.45 bits per heavy atom. The number of rotatable bonds is 5. The Hall–Kier alpha value is -3.15. The van der Waals surface area contributed by atoms with Crippen molar-refractivity contribution in [2.75, 3.05) is 12.8 Å². The van der Waals surface area contributed by atoms with Crippen LogP contribution in [0.3, 0.4) is 0 Å². The molecule has 2 heterocycles. The molecule has 0 unspecified atom stereocenters. The number of nitrogens with one attached hydrogen (secondary N) is 2. The van der Waals surface area contributed by atoms with Crippen LogP contribution in [0.1, 0.15) is 24.3 Å². The van der Waals surface area contributed by atoms with Crippen molar-refractivity contribution >= 4 is 29.0 Å². The summed E-state index contributed by atoms with van der Waals surface area (Å²) in [5, 5.41) is 10.1. The van der Waals surface area contributed by atoms with Crippen molar-refractivity contribution in [2.24, 2.45) is 0 Å². The number of nitrogens with zero attached hydrogens (tertiary/aromatic N) is 3. The highest BCUT2D eigenvalue weighted by atomic mass is 35.5. The fourth-order valence-electron chi connectivity index (χ4n) is 3.23. The van der Waals surface area contributed by atoms with Gasteiger partial charge in [0.1, 0.15) is 0 Å². The zero-order chi connectivity index (χ0) is 22.3. The highest BCUT2D eigenvalue weighted by Crippen LogP contribution is 2.40. The minimum Gasteiger partial charge on any atom is -0.434 e. The van der Waals surface area contributed by atoms with Crippen LogP contribution in [0.2, 0.25) is 10.0 Å². The predicted molar refractivity (Wildman–Crippen MR) is 113 cm³/mol. The molecule has 4 rings (SSSR count). The third-order valence-electron chi connectivity index (χ3n) is 4.96. The monoisotopic (exact) mass is 466 g/mol. The first kappa shape index (κ1) is 21.1. The molecule has 1 aliphatic carbocycles. The molecule has 2 aromatic heterocycles. The number of aromatic amines is 2. The van der Waals surface area contributed by atoms with Gasteiger partial charge in [-0.05, 0) is 30.9 Å². The molecule has 4 N–H and O–H groups in total. The fourth-order valence-corrected chi connectivity index (χ4v) is 3.78. The van der Waals surface area contributed by atoms with E-state index >= 15 is 0 Å². The van der Waals surface area contributed by atoms with Gasteiger partial charge in [-0.15, -0.1) is 10.2 Å². The Morgan fingerprint density at radius 1 is 1.13 bits per heavy atom. The molecule has 11 nitrogen and oxygen atoms in total. The summed E-state index contributed by atoms with van der Waals surface area (Å²) in [7, 11) is 1.63. The molecular formula is C18H16Cl2N6O5.